The number of rotatable bonds is 4. The van der Waals surface area contributed by atoms with Gasteiger partial charge in [-0.2, -0.15) is 4.72 Å². The second kappa shape index (κ2) is 6.02. The molecule has 1 N–H and O–H groups in total. The fourth-order valence-corrected chi connectivity index (χ4v) is 2.79. The van der Waals surface area contributed by atoms with Crippen molar-refractivity contribution in [2.45, 2.75) is 13.0 Å². The van der Waals surface area contributed by atoms with Crippen molar-refractivity contribution < 1.29 is 12.9 Å². The maximum atomic E-state index is 11.4. The lowest BCUT2D eigenvalue weighted by Gasteiger charge is -2.12. The summed E-state index contributed by atoms with van der Waals surface area (Å²) in [6.07, 6.45) is 6.51. The molecule has 110 valence electrons. The van der Waals surface area contributed by atoms with Crippen LogP contribution in [-0.2, 0) is 10.0 Å². The van der Waals surface area contributed by atoms with Crippen molar-refractivity contribution in [3.8, 4) is 23.7 Å². The van der Waals surface area contributed by atoms with Crippen molar-refractivity contribution in [3.05, 3.63) is 40.0 Å². The van der Waals surface area contributed by atoms with Crippen LogP contribution in [0.3, 0.4) is 0 Å². The van der Waals surface area contributed by atoms with Crippen LogP contribution in [0.5, 0.6) is 0 Å². The molecule has 0 bridgehead atoms. The fourth-order valence-electron chi connectivity index (χ4n) is 1.92. The van der Waals surface area contributed by atoms with E-state index in [9.17, 15) is 8.42 Å². The van der Waals surface area contributed by atoms with E-state index in [0.29, 0.717) is 17.0 Å². The SMILES string of the molecule is C#CC(NS(C)(=O)=O)c1c(C)noc1-c1ccc(Br)cc1. The average Bonchev–Trinajstić information content (AvgIpc) is 2.78. The monoisotopic (exact) mass is 368 g/mol. The van der Waals surface area contributed by atoms with E-state index in [2.05, 4.69) is 31.7 Å². The van der Waals surface area contributed by atoms with Crippen LogP contribution in [0.25, 0.3) is 11.3 Å². The zero-order valence-electron chi connectivity index (χ0n) is 11.4. The highest BCUT2D eigenvalue weighted by Gasteiger charge is 2.24. The molecule has 0 aliphatic heterocycles. The molecule has 1 aromatic carbocycles. The van der Waals surface area contributed by atoms with Gasteiger partial charge in [-0.15, -0.1) is 6.42 Å². The van der Waals surface area contributed by atoms with Crippen molar-refractivity contribution >= 4 is 26.0 Å². The Morgan fingerprint density at radius 3 is 2.52 bits per heavy atom. The maximum absolute atomic E-state index is 11.4. The highest BCUT2D eigenvalue weighted by molar-refractivity contribution is 9.10. The number of benzene rings is 1. The average molecular weight is 369 g/mol. The van der Waals surface area contributed by atoms with Crippen LogP contribution in [0.15, 0.2) is 33.3 Å². The smallest absolute Gasteiger partial charge is 0.210 e. The molecule has 0 amide bonds. The lowest BCUT2D eigenvalue weighted by atomic mass is 10.0. The van der Waals surface area contributed by atoms with Crippen LogP contribution in [0, 0.1) is 19.3 Å². The Morgan fingerprint density at radius 1 is 1.38 bits per heavy atom. The largest absolute Gasteiger partial charge is 0.356 e. The summed E-state index contributed by atoms with van der Waals surface area (Å²) in [5.41, 5.74) is 1.86. The van der Waals surface area contributed by atoms with Crippen molar-refractivity contribution in [2.75, 3.05) is 6.26 Å². The molecule has 2 rings (SSSR count). The molecule has 7 heteroatoms. The zero-order valence-corrected chi connectivity index (χ0v) is 13.8. The molecule has 0 spiro atoms. The Kier molecular flexibility index (Phi) is 4.52. The van der Waals surface area contributed by atoms with Gasteiger partial charge in [-0.1, -0.05) is 39.1 Å². The summed E-state index contributed by atoms with van der Waals surface area (Å²) < 4.78 is 31.5. The van der Waals surface area contributed by atoms with Gasteiger partial charge >= 0.3 is 0 Å². The zero-order chi connectivity index (χ0) is 15.6. The number of aryl methyl sites for hydroxylation is 1. The van der Waals surface area contributed by atoms with E-state index in [1.54, 1.807) is 6.92 Å². The third-order valence-electron chi connectivity index (χ3n) is 2.80. The van der Waals surface area contributed by atoms with Gasteiger partial charge in [-0.25, -0.2) is 8.42 Å². The molecular formula is C14H13BrN2O3S. The van der Waals surface area contributed by atoms with Gasteiger partial charge < -0.3 is 4.52 Å². The number of nitrogens with one attached hydrogen (secondary N) is 1. The standard InChI is InChI=1S/C14H13BrN2O3S/c1-4-12(17-21(3,18)19)13-9(2)16-20-14(13)10-5-7-11(15)8-6-10/h1,5-8,12,17H,2-3H3. The van der Waals surface area contributed by atoms with Gasteiger partial charge in [0.1, 0.15) is 6.04 Å². The summed E-state index contributed by atoms with van der Waals surface area (Å²) in [6.45, 7) is 1.72. The number of aromatic nitrogens is 1. The Bertz CT molecular complexity index is 789. The van der Waals surface area contributed by atoms with E-state index < -0.39 is 16.1 Å². The summed E-state index contributed by atoms with van der Waals surface area (Å²) in [5, 5.41) is 3.90. The summed E-state index contributed by atoms with van der Waals surface area (Å²) in [4.78, 5) is 0. The quantitative estimate of drug-likeness (QED) is 0.841. The van der Waals surface area contributed by atoms with Crippen molar-refractivity contribution in [1.82, 2.24) is 9.88 Å². The third-order valence-corrected chi connectivity index (χ3v) is 3.99. The fraction of sp³-hybridized carbons (Fsp3) is 0.214. The highest BCUT2D eigenvalue weighted by atomic mass is 79.9. The maximum Gasteiger partial charge on any atom is 0.210 e. The summed E-state index contributed by atoms with van der Waals surface area (Å²) >= 11 is 3.35. The molecule has 1 aromatic heterocycles. The minimum atomic E-state index is -3.45. The van der Waals surface area contributed by atoms with E-state index in [4.69, 9.17) is 10.9 Å². The molecule has 0 aliphatic rings. The first kappa shape index (κ1) is 15.8. The second-order valence-electron chi connectivity index (χ2n) is 4.51. The number of hydrogen-bond donors (Lipinski definition) is 1. The summed E-state index contributed by atoms with van der Waals surface area (Å²) in [7, 11) is -3.45. The molecule has 5 nitrogen and oxygen atoms in total. The lowest BCUT2D eigenvalue weighted by Crippen LogP contribution is -2.27. The van der Waals surface area contributed by atoms with Crippen LogP contribution >= 0.6 is 15.9 Å². The molecular weight excluding hydrogens is 356 g/mol. The lowest BCUT2D eigenvalue weighted by molar-refractivity contribution is 0.426. The minimum absolute atomic E-state index is 0.458. The number of hydrogen-bond acceptors (Lipinski definition) is 4. The van der Waals surface area contributed by atoms with Gasteiger partial charge in [0, 0.05) is 10.0 Å². The molecule has 1 atom stereocenters. The summed E-state index contributed by atoms with van der Waals surface area (Å²) in [5.74, 6) is 2.88. The van der Waals surface area contributed by atoms with Gasteiger partial charge in [0.25, 0.3) is 0 Å². The van der Waals surface area contributed by atoms with Crippen molar-refractivity contribution in [3.63, 3.8) is 0 Å². The van der Waals surface area contributed by atoms with E-state index in [0.717, 1.165) is 16.3 Å². The first-order valence-corrected chi connectivity index (χ1v) is 8.66. The number of terminal acetylenes is 1. The molecule has 1 heterocycles. The predicted molar refractivity (Wildman–Crippen MR) is 83.9 cm³/mol. The van der Waals surface area contributed by atoms with Gasteiger partial charge in [0.2, 0.25) is 10.0 Å². The Hall–Kier alpha value is -1.62. The Labute approximate surface area is 131 Å². The van der Waals surface area contributed by atoms with E-state index in [-0.39, 0.29) is 0 Å². The molecule has 2 aromatic rings. The molecule has 21 heavy (non-hydrogen) atoms. The molecule has 0 saturated carbocycles. The summed E-state index contributed by atoms with van der Waals surface area (Å²) in [6, 6.07) is 6.55. The third kappa shape index (κ3) is 3.73. The van der Waals surface area contributed by atoms with Crippen LogP contribution in [0.1, 0.15) is 17.3 Å². The van der Waals surface area contributed by atoms with E-state index >= 15 is 0 Å². The number of halogens is 1. The van der Waals surface area contributed by atoms with Crippen LogP contribution in [-0.4, -0.2) is 19.8 Å². The van der Waals surface area contributed by atoms with Crippen molar-refractivity contribution in [1.29, 1.82) is 0 Å². The molecule has 1 unspecified atom stereocenters. The second-order valence-corrected chi connectivity index (χ2v) is 7.20. The van der Waals surface area contributed by atoms with Crippen LogP contribution in [0.2, 0.25) is 0 Å². The first-order valence-electron chi connectivity index (χ1n) is 5.97. The van der Waals surface area contributed by atoms with Gasteiger partial charge in [0.05, 0.1) is 17.5 Å². The molecule has 0 aliphatic carbocycles. The van der Waals surface area contributed by atoms with E-state index in [1.165, 1.54) is 0 Å². The Balaban J connectivity index is 2.52. The topological polar surface area (TPSA) is 72.2 Å². The highest BCUT2D eigenvalue weighted by Crippen LogP contribution is 2.31. The number of nitrogens with zero attached hydrogens (tertiary/aromatic N) is 1. The minimum Gasteiger partial charge on any atom is -0.356 e. The normalized spacial score (nSPS) is 12.9. The molecule has 0 radical (unpaired) electrons. The van der Waals surface area contributed by atoms with Gasteiger partial charge in [0.15, 0.2) is 5.76 Å². The molecule has 0 saturated heterocycles. The number of sulfonamides is 1. The van der Waals surface area contributed by atoms with Gasteiger partial charge in [-0.05, 0) is 19.1 Å². The van der Waals surface area contributed by atoms with E-state index in [1.807, 2.05) is 24.3 Å². The van der Waals surface area contributed by atoms with Gasteiger partial charge in [-0.3, -0.25) is 0 Å². The molecule has 0 fully saturated rings. The first-order chi connectivity index (χ1) is 9.81. The van der Waals surface area contributed by atoms with Crippen LogP contribution < -0.4 is 4.72 Å². The van der Waals surface area contributed by atoms with Crippen LogP contribution in [0.4, 0.5) is 0 Å². The van der Waals surface area contributed by atoms with Crippen molar-refractivity contribution in [2.24, 2.45) is 0 Å². The predicted octanol–water partition coefficient (Wildman–Crippen LogP) is 2.64. The Morgan fingerprint density at radius 2 is 2.00 bits per heavy atom.